The minimum Gasteiger partial charge on any atom is -0.439 e. The molecule has 3 aromatic rings. The average molecular weight is 406 g/mol. The van der Waals surface area contributed by atoms with Crippen LogP contribution in [0.5, 0.6) is 11.6 Å². The molecule has 0 fully saturated rings. The third-order valence-corrected chi connectivity index (χ3v) is 4.87. The van der Waals surface area contributed by atoms with E-state index in [1.54, 1.807) is 25.3 Å². The topological polar surface area (TPSA) is 52.1 Å². The van der Waals surface area contributed by atoms with Crippen molar-refractivity contribution in [1.29, 1.82) is 0 Å². The van der Waals surface area contributed by atoms with E-state index in [2.05, 4.69) is 9.97 Å². The first-order valence-corrected chi connectivity index (χ1v) is 9.31. The zero-order chi connectivity index (χ0) is 20.3. The fourth-order valence-corrected chi connectivity index (χ4v) is 3.42. The molecule has 28 heavy (non-hydrogen) atoms. The lowest BCUT2D eigenvalue weighted by atomic mass is 10.0. The molecule has 3 rings (SSSR count). The number of carbonyl (C=O) groups excluding carboxylic acids is 1. The Morgan fingerprint density at radius 2 is 2.07 bits per heavy atom. The number of carbonyl (C=O) groups is 1. The molecule has 0 bridgehead atoms. The van der Waals surface area contributed by atoms with Crippen molar-refractivity contribution in [2.75, 3.05) is 0 Å². The minimum atomic E-state index is -4.46. The zero-order valence-electron chi connectivity index (χ0n) is 15.2. The van der Waals surface area contributed by atoms with Gasteiger partial charge in [-0.25, -0.2) is 9.97 Å². The quantitative estimate of drug-likeness (QED) is 0.494. The fourth-order valence-electron chi connectivity index (χ4n) is 2.56. The normalized spacial score (nSPS) is 13.2. The molecule has 1 atom stereocenters. The van der Waals surface area contributed by atoms with Crippen LogP contribution in [0.3, 0.4) is 0 Å². The monoisotopic (exact) mass is 406 g/mol. The lowest BCUT2D eigenvalue weighted by Crippen LogP contribution is -2.03. The number of nitrogens with zero attached hydrogens (tertiary/aromatic N) is 2. The van der Waals surface area contributed by atoms with E-state index in [1.807, 2.05) is 25.1 Å². The summed E-state index contributed by atoms with van der Waals surface area (Å²) in [5, 5.41) is -0.882. The number of halogens is 3. The van der Waals surface area contributed by atoms with Crippen LogP contribution in [-0.4, -0.2) is 15.8 Å². The summed E-state index contributed by atoms with van der Waals surface area (Å²) in [6, 6.07) is 8.05. The second-order valence-corrected chi connectivity index (χ2v) is 7.45. The molecule has 0 N–H and O–H groups in total. The van der Waals surface area contributed by atoms with Crippen molar-refractivity contribution in [3.8, 4) is 11.6 Å². The van der Waals surface area contributed by atoms with E-state index in [0.29, 0.717) is 34.1 Å². The maximum absolute atomic E-state index is 12.8. The van der Waals surface area contributed by atoms with Crippen LogP contribution < -0.4 is 4.74 Å². The molecule has 4 nitrogen and oxygen atoms in total. The molecule has 8 heteroatoms. The van der Waals surface area contributed by atoms with Crippen LogP contribution in [0.15, 0.2) is 42.6 Å². The van der Waals surface area contributed by atoms with Gasteiger partial charge < -0.3 is 9.53 Å². The van der Waals surface area contributed by atoms with E-state index in [9.17, 15) is 18.0 Å². The molecular weight excluding hydrogens is 389 g/mol. The predicted octanol–water partition coefficient (Wildman–Crippen LogP) is 6.13. The number of pyridine rings is 1. The van der Waals surface area contributed by atoms with Gasteiger partial charge in [-0.2, -0.15) is 13.2 Å². The Balaban J connectivity index is 1.70. The first-order chi connectivity index (χ1) is 13.2. The van der Waals surface area contributed by atoms with Gasteiger partial charge in [0.15, 0.2) is 5.01 Å². The van der Waals surface area contributed by atoms with Crippen LogP contribution in [0.1, 0.15) is 30.8 Å². The molecule has 0 saturated heterocycles. The number of ketones is 1. The summed E-state index contributed by atoms with van der Waals surface area (Å²) in [6.07, 6.45) is 1.47. The maximum atomic E-state index is 12.8. The minimum absolute atomic E-state index is 0.138. The molecule has 0 aliphatic rings. The van der Waals surface area contributed by atoms with Gasteiger partial charge in [-0.15, -0.1) is 11.3 Å². The van der Waals surface area contributed by atoms with Gasteiger partial charge in [-0.3, -0.25) is 0 Å². The summed E-state index contributed by atoms with van der Waals surface area (Å²) >= 11 is 0.575. The molecule has 1 aromatic carbocycles. The SMILES string of the molecule is CC(=O)C[C@@H](C)/C=C/c1ccc(Oc2ccc3nc(C(F)(F)F)sc3c2)nc1. The van der Waals surface area contributed by atoms with Crippen molar-refractivity contribution < 1.29 is 22.7 Å². The van der Waals surface area contributed by atoms with Crippen molar-refractivity contribution >= 4 is 33.4 Å². The van der Waals surface area contributed by atoms with Gasteiger partial charge in [-0.05, 0) is 36.6 Å². The molecular formula is C20H17F3N2O2S. The Bertz CT molecular complexity index is 1010. The van der Waals surface area contributed by atoms with E-state index in [4.69, 9.17) is 4.74 Å². The number of Topliss-reactive ketones (excluding diaryl/α,β-unsaturated/α-hetero) is 1. The van der Waals surface area contributed by atoms with E-state index in [1.165, 1.54) is 12.1 Å². The number of alkyl halides is 3. The van der Waals surface area contributed by atoms with E-state index in [0.717, 1.165) is 5.56 Å². The molecule has 0 saturated carbocycles. The highest BCUT2D eigenvalue weighted by molar-refractivity contribution is 7.18. The number of ether oxygens (including phenoxy) is 1. The third-order valence-electron chi connectivity index (χ3n) is 3.81. The van der Waals surface area contributed by atoms with E-state index >= 15 is 0 Å². The van der Waals surface area contributed by atoms with Crippen molar-refractivity contribution in [3.63, 3.8) is 0 Å². The highest BCUT2D eigenvalue weighted by Gasteiger charge is 2.34. The van der Waals surface area contributed by atoms with E-state index in [-0.39, 0.29) is 17.2 Å². The summed E-state index contributed by atoms with van der Waals surface area (Å²) in [5.74, 6) is 0.991. The standard InChI is InChI=1S/C20H17F3N2O2S/c1-12(9-13(2)26)3-4-14-5-8-18(24-11-14)27-15-6-7-16-17(10-15)28-19(25-16)20(21,22)23/h3-8,10-12H,9H2,1-2H3/b4-3+/t12-/m0/s1. The number of thiazole rings is 1. The number of hydrogen-bond acceptors (Lipinski definition) is 5. The second kappa shape index (κ2) is 8.10. The summed E-state index contributed by atoms with van der Waals surface area (Å²) in [7, 11) is 0. The second-order valence-electron chi connectivity index (χ2n) is 6.42. The highest BCUT2D eigenvalue weighted by Crippen LogP contribution is 2.37. The van der Waals surface area contributed by atoms with Crippen LogP contribution in [-0.2, 0) is 11.0 Å². The molecule has 0 unspecified atom stereocenters. The van der Waals surface area contributed by atoms with Gasteiger partial charge >= 0.3 is 6.18 Å². The molecule has 146 valence electrons. The number of rotatable bonds is 6. The van der Waals surface area contributed by atoms with Gasteiger partial charge in [0, 0.05) is 24.8 Å². The van der Waals surface area contributed by atoms with E-state index < -0.39 is 11.2 Å². The van der Waals surface area contributed by atoms with Crippen LogP contribution in [0.4, 0.5) is 13.2 Å². The number of benzene rings is 1. The number of allylic oxidation sites excluding steroid dienone is 1. The Morgan fingerprint density at radius 1 is 1.29 bits per heavy atom. The average Bonchev–Trinajstić information content (AvgIpc) is 3.04. The summed E-state index contributed by atoms with van der Waals surface area (Å²) < 4.78 is 44.3. The number of fused-ring (bicyclic) bond motifs is 1. The summed E-state index contributed by atoms with van der Waals surface area (Å²) in [5.41, 5.74) is 1.13. The van der Waals surface area contributed by atoms with Crippen molar-refractivity contribution in [1.82, 2.24) is 9.97 Å². The molecule has 0 aliphatic carbocycles. The molecule has 0 aliphatic heterocycles. The first kappa shape index (κ1) is 20.0. The van der Waals surface area contributed by atoms with Crippen molar-refractivity contribution in [2.45, 2.75) is 26.4 Å². The molecule has 2 heterocycles. The zero-order valence-corrected chi connectivity index (χ0v) is 16.0. The first-order valence-electron chi connectivity index (χ1n) is 8.50. The summed E-state index contributed by atoms with van der Waals surface area (Å²) in [4.78, 5) is 18.9. The lowest BCUT2D eigenvalue weighted by molar-refractivity contribution is -0.137. The maximum Gasteiger partial charge on any atom is 0.443 e. The van der Waals surface area contributed by atoms with Gasteiger partial charge in [0.2, 0.25) is 5.88 Å². The van der Waals surface area contributed by atoms with Gasteiger partial charge in [-0.1, -0.05) is 19.1 Å². The van der Waals surface area contributed by atoms with Gasteiger partial charge in [0.05, 0.1) is 10.2 Å². The van der Waals surface area contributed by atoms with Crippen molar-refractivity contribution in [2.24, 2.45) is 5.92 Å². The van der Waals surface area contributed by atoms with Crippen LogP contribution in [0, 0.1) is 5.92 Å². The fraction of sp³-hybridized carbons (Fsp3) is 0.250. The van der Waals surface area contributed by atoms with Crippen LogP contribution in [0.25, 0.3) is 16.3 Å². The Kier molecular flexibility index (Phi) is 5.79. The molecule has 0 amide bonds. The molecule has 0 spiro atoms. The van der Waals surface area contributed by atoms with Crippen LogP contribution in [0.2, 0.25) is 0 Å². The Hall–Kier alpha value is -2.74. The Morgan fingerprint density at radius 3 is 2.71 bits per heavy atom. The van der Waals surface area contributed by atoms with Gasteiger partial charge in [0.25, 0.3) is 0 Å². The Labute approximate surface area is 163 Å². The number of hydrogen-bond donors (Lipinski definition) is 0. The predicted molar refractivity (Wildman–Crippen MR) is 102 cm³/mol. The number of aromatic nitrogens is 2. The highest BCUT2D eigenvalue weighted by atomic mass is 32.1. The smallest absolute Gasteiger partial charge is 0.439 e. The molecule has 0 radical (unpaired) electrons. The summed E-state index contributed by atoms with van der Waals surface area (Å²) in [6.45, 7) is 3.52. The van der Waals surface area contributed by atoms with Crippen LogP contribution >= 0.6 is 11.3 Å². The van der Waals surface area contributed by atoms with Crippen molar-refractivity contribution in [3.05, 3.63) is 53.2 Å². The molecule has 2 aromatic heterocycles. The lowest BCUT2D eigenvalue weighted by Gasteiger charge is -2.05. The van der Waals surface area contributed by atoms with Gasteiger partial charge in [0.1, 0.15) is 11.5 Å². The largest absolute Gasteiger partial charge is 0.443 e. The third kappa shape index (κ3) is 5.16.